The van der Waals surface area contributed by atoms with Crippen LogP contribution in [-0.4, -0.2) is 6.67 Å². The van der Waals surface area contributed by atoms with E-state index in [2.05, 4.69) is 20.8 Å². The van der Waals surface area contributed by atoms with E-state index in [0.717, 1.165) is 12.8 Å². The van der Waals surface area contributed by atoms with Crippen LogP contribution in [0.4, 0.5) is 4.39 Å². The van der Waals surface area contributed by atoms with E-state index in [0.29, 0.717) is 5.41 Å². The topological polar surface area (TPSA) is 0 Å². The first-order valence-corrected chi connectivity index (χ1v) is 7.74. The van der Waals surface area contributed by atoms with E-state index in [-0.39, 0.29) is 6.67 Å². The van der Waals surface area contributed by atoms with E-state index in [9.17, 15) is 4.39 Å². The summed E-state index contributed by atoms with van der Waals surface area (Å²) in [5.74, 6) is 0. The molecule has 0 rings (SSSR count). The molecule has 0 aromatic carbocycles. The van der Waals surface area contributed by atoms with Crippen LogP contribution >= 0.6 is 0 Å². The first-order chi connectivity index (χ1) is 8.18. The lowest BCUT2D eigenvalue weighted by Gasteiger charge is -2.29. The molecule has 0 radical (unpaired) electrons. The number of hydrogen-bond donors (Lipinski definition) is 0. The summed E-state index contributed by atoms with van der Waals surface area (Å²) in [5.41, 5.74) is 0.412. The van der Waals surface area contributed by atoms with E-state index in [1.54, 1.807) is 0 Å². The normalized spacial score (nSPS) is 14.8. The second-order valence-corrected chi connectivity index (χ2v) is 5.87. The lowest BCUT2D eigenvalue weighted by molar-refractivity contribution is 0.217. The van der Waals surface area contributed by atoms with Crippen LogP contribution in [-0.2, 0) is 0 Å². The van der Waals surface area contributed by atoms with Crippen molar-refractivity contribution in [1.82, 2.24) is 0 Å². The largest absolute Gasteiger partial charge is 0.251 e. The van der Waals surface area contributed by atoms with Gasteiger partial charge in [-0.1, -0.05) is 65.7 Å². The Kier molecular flexibility index (Phi) is 11.0. The summed E-state index contributed by atoms with van der Waals surface area (Å²) in [4.78, 5) is 0. The minimum atomic E-state index is -0.141. The third kappa shape index (κ3) is 9.62. The average molecular weight is 244 g/mol. The van der Waals surface area contributed by atoms with Gasteiger partial charge < -0.3 is 0 Å². The molecule has 0 amide bonds. The molecule has 0 heterocycles. The molecule has 0 saturated heterocycles. The van der Waals surface area contributed by atoms with Gasteiger partial charge in [0.1, 0.15) is 0 Å². The molecule has 0 aliphatic carbocycles. The first kappa shape index (κ1) is 16.9. The van der Waals surface area contributed by atoms with Crippen LogP contribution < -0.4 is 0 Å². The zero-order valence-electron chi connectivity index (χ0n) is 12.4. The Morgan fingerprint density at radius 1 is 0.706 bits per heavy atom. The van der Waals surface area contributed by atoms with Crippen LogP contribution in [0.3, 0.4) is 0 Å². The van der Waals surface area contributed by atoms with Gasteiger partial charge in [0, 0.05) is 0 Å². The molecule has 104 valence electrons. The van der Waals surface area contributed by atoms with Gasteiger partial charge >= 0.3 is 0 Å². The van der Waals surface area contributed by atoms with Gasteiger partial charge in [-0.05, 0) is 31.1 Å². The molecule has 1 unspecified atom stereocenters. The molecule has 0 aliphatic heterocycles. The average Bonchev–Trinajstić information content (AvgIpc) is 2.33. The van der Waals surface area contributed by atoms with Crippen LogP contribution in [0.2, 0.25) is 0 Å². The van der Waals surface area contributed by atoms with Crippen molar-refractivity contribution in [2.45, 2.75) is 91.4 Å². The van der Waals surface area contributed by atoms with Gasteiger partial charge in [0.15, 0.2) is 0 Å². The first-order valence-electron chi connectivity index (χ1n) is 7.74. The zero-order chi connectivity index (χ0) is 13.0. The summed E-state index contributed by atoms with van der Waals surface area (Å²) < 4.78 is 12.4. The van der Waals surface area contributed by atoms with Gasteiger partial charge in [0.05, 0.1) is 6.67 Å². The maximum absolute atomic E-state index is 12.4. The van der Waals surface area contributed by atoms with Gasteiger partial charge in [0.2, 0.25) is 0 Å². The van der Waals surface area contributed by atoms with Crippen molar-refractivity contribution >= 4 is 0 Å². The summed E-state index contributed by atoms with van der Waals surface area (Å²) in [7, 11) is 0. The standard InChI is InChI=1S/C16H33F/c1-4-6-8-10-13-16(3,14-11-15-17)12-9-7-5-2/h4-15H2,1-3H3. The third-order valence-electron chi connectivity index (χ3n) is 3.93. The Morgan fingerprint density at radius 2 is 1.18 bits per heavy atom. The Bertz CT molecular complexity index is 156. The quantitative estimate of drug-likeness (QED) is 0.354. The molecule has 0 aromatic rings. The second-order valence-electron chi connectivity index (χ2n) is 5.87. The molecule has 0 saturated carbocycles. The molecule has 0 bridgehead atoms. The highest BCUT2D eigenvalue weighted by atomic mass is 19.1. The van der Waals surface area contributed by atoms with Crippen LogP contribution in [0.15, 0.2) is 0 Å². The van der Waals surface area contributed by atoms with Gasteiger partial charge in [-0.3, -0.25) is 4.39 Å². The maximum Gasteiger partial charge on any atom is 0.0894 e. The summed E-state index contributed by atoms with van der Waals surface area (Å²) in [6.45, 7) is 6.74. The molecule has 0 spiro atoms. The number of rotatable bonds is 12. The van der Waals surface area contributed by atoms with Gasteiger partial charge in [-0.15, -0.1) is 0 Å². The lowest BCUT2D eigenvalue weighted by atomic mass is 9.76. The van der Waals surface area contributed by atoms with Crippen molar-refractivity contribution in [1.29, 1.82) is 0 Å². The Hall–Kier alpha value is -0.0700. The Morgan fingerprint density at radius 3 is 1.71 bits per heavy atom. The SMILES string of the molecule is CCCCCCC(C)(CCCF)CCCCC. The van der Waals surface area contributed by atoms with Gasteiger partial charge in [0.25, 0.3) is 0 Å². The van der Waals surface area contributed by atoms with E-state index in [1.807, 2.05) is 0 Å². The van der Waals surface area contributed by atoms with Crippen LogP contribution in [0.25, 0.3) is 0 Å². The fourth-order valence-electron chi connectivity index (χ4n) is 2.65. The van der Waals surface area contributed by atoms with Crippen molar-refractivity contribution in [2.24, 2.45) is 5.41 Å². The fourth-order valence-corrected chi connectivity index (χ4v) is 2.65. The summed E-state index contributed by atoms with van der Waals surface area (Å²) in [5, 5.41) is 0. The van der Waals surface area contributed by atoms with Crippen LogP contribution in [0.5, 0.6) is 0 Å². The highest BCUT2D eigenvalue weighted by Crippen LogP contribution is 2.35. The highest BCUT2D eigenvalue weighted by molar-refractivity contribution is 4.74. The van der Waals surface area contributed by atoms with Gasteiger partial charge in [-0.2, -0.15) is 0 Å². The summed E-state index contributed by atoms with van der Waals surface area (Å²) in [6, 6.07) is 0. The number of alkyl halides is 1. The van der Waals surface area contributed by atoms with Crippen molar-refractivity contribution in [3.05, 3.63) is 0 Å². The van der Waals surface area contributed by atoms with E-state index < -0.39 is 0 Å². The molecule has 0 N–H and O–H groups in total. The van der Waals surface area contributed by atoms with Crippen LogP contribution in [0.1, 0.15) is 91.4 Å². The molecule has 1 atom stereocenters. The summed E-state index contributed by atoms with van der Waals surface area (Å²) in [6.07, 6.45) is 13.7. The zero-order valence-corrected chi connectivity index (χ0v) is 12.4. The molecule has 0 aromatic heterocycles. The Labute approximate surface area is 108 Å². The Balaban J connectivity index is 3.90. The van der Waals surface area contributed by atoms with E-state index in [4.69, 9.17) is 0 Å². The van der Waals surface area contributed by atoms with Gasteiger partial charge in [-0.25, -0.2) is 0 Å². The van der Waals surface area contributed by atoms with Crippen molar-refractivity contribution in [2.75, 3.05) is 6.67 Å². The maximum atomic E-state index is 12.4. The minimum Gasteiger partial charge on any atom is -0.251 e. The van der Waals surface area contributed by atoms with Crippen molar-refractivity contribution < 1.29 is 4.39 Å². The van der Waals surface area contributed by atoms with Crippen LogP contribution in [0, 0.1) is 5.41 Å². The minimum absolute atomic E-state index is 0.141. The number of unbranched alkanes of at least 4 members (excludes halogenated alkanes) is 5. The molecular formula is C16H33F. The smallest absolute Gasteiger partial charge is 0.0894 e. The predicted molar refractivity (Wildman–Crippen MR) is 76.2 cm³/mol. The number of hydrogen-bond acceptors (Lipinski definition) is 0. The van der Waals surface area contributed by atoms with Crippen molar-refractivity contribution in [3.8, 4) is 0 Å². The molecular weight excluding hydrogens is 211 g/mol. The molecule has 17 heavy (non-hydrogen) atoms. The lowest BCUT2D eigenvalue weighted by Crippen LogP contribution is -2.17. The third-order valence-corrected chi connectivity index (χ3v) is 3.93. The monoisotopic (exact) mass is 244 g/mol. The second kappa shape index (κ2) is 11.0. The molecule has 0 aliphatic rings. The molecule has 0 nitrogen and oxygen atoms in total. The summed E-state index contributed by atoms with van der Waals surface area (Å²) >= 11 is 0. The molecule has 1 heteroatoms. The number of halogens is 1. The highest BCUT2D eigenvalue weighted by Gasteiger charge is 2.22. The van der Waals surface area contributed by atoms with E-state index in [1.165, 1.54) is 57.8 Å². The van der Waals surface area contributed by atoms with E-state index >= 15 is 0 Å². The predicted octanol–water partition coefficient (Wildman–Crippen LogP) is 6.29. The molecule has 0 fully saturated rings. The fraction of sp³-hybridized carbons (Fsp3) is 1.00. The van der Waals surface area contributed by atoms with Crippen molar-refractivity contribution in [3.63, 3.8) is 0 Å².